The van der Waals surface area contributed by atoms with Gasteiger partial charge < -0.3 is 33.0 Å². The van der Waals surface area contributed by atoms with Crippen LogP contribution in [0.5, 0.6) is 11.5 Å². The van der Waals surface area contributed by atoms with Crippen LogP contribution in [0.25, 0.3) is 5.52 Å². The molecule has 1 fully saturated rings. The minimum absolute atomic E-state index is 0.198. The molecule has 0 aliphatic carbocycles. The third-order valence-electron chi connectivity index (χ3n) is 7.58. The number of rotatable bonds is 7. The third kappa shape index (κ3) is 7.42. The van der Waals surface area contributed by atoms with Crippen LogP contribution >= 0.6 is 11.6 Å². The van der Waals surface area contributed by atoms with Crippen molar-refractivity contribution < 1.29 is 23.8 Å². The topological polar surface area (TPSA) is 108 Å². The Bertz CT molecular complexity index is 1780. The average molecular weight is 636 g/mol. The molecule has 2 amide bonds. The van der Waals surface area contributed by atoms with E-state index >= 15 is 0 Å². The van der Waals surface area contributed by atoms with Crippen LogP contribution in [0.2, 0.25) is 5.02 Å². The predicted octanol–water partition coefficient (Wildman–Crippen LogP) is 4.89. The van der Waals surface area contributed by atoms with Gasteiger partial charge in [0.1, 0.15) is 28.3 Å². The second-order valence-electron chi connectivity index (χ2n) is 12.0. The molecule has 0 saturated carbocycles. The summed E-state index contributed by atoms with van der Waals surface area (Å²) in [5.41, 5.74) is 2.43. The number of carbonyl (C=O) groups is 2. The highest BCUT2D eigenvalue weighted by Crippen LogP contribution is 2.26. The number of carbonyl (C=O) groups excluding carboxylic acids is 2. The van der Waals surface area contributed by atoms with Crippen LogP contribution in [0.1, 0.15) is 54.5 Å². The van der Waals surface area contributed by atoms with E-state index in [9.17, 15) is 14.4 Å². The van der Waals surface area contributed by atoms with Gasteiger partial charge in [-0.2, -0.15) is 0 Å². The SMILES string of the molecule is COc1ccc(Cn2cc(Cc3ccnc(C(=O)N4CCCN(C(=O)OC(C)(C)C)CC4)c3)n3cc(Cl)cc3c2=O)c(OC)c1. The Kier molecular flexibility index (Phi) is 9.38. The third-order valence-corrected chi connectivity index (χ3v) is 7.79. The molecule has 0 N–H and O–H groups in total. The van der Waals surface area contributed by atoms with Crippen molar-refractivity contribution in [1.29, 1.82) is 0 Å². The van der Waals surface area contributed by atoms with Crippen molar-refractivity contribution in [2.24, 2.45) is 0 Å². The summed E-state index contributed by atoms with van der Waals surface area (Å²) >= 11 is 6.36. The molecule has 1 aromatic carbocycles. The first-order chi connectivity index (χ1) is 21.5. The molecule has 0 radical (unpaired) electrons. The maximum absolute atomic E-state index is 13.5. The van der Waals surface area contributed by atoms with E-state index in [0.717, 1.165) is 16.8 Å². The van der Waals surface area contributed by atoms with Gasteiger partial charge >= 0.3 is 6.09 Å². The molecule has 0 unspecified atom stereocenters. The number of nitrogens with zero attached hydrogens (tertiary/aromatic N) is 5. The summed E-state index contributed by atoms with van der Waals surface area (Å²) in [6.45, 7) is 7.55. The lowest BCUT2D eigenvalue weighted by Gasteiger charge is -2.26. The van der Waals surface area contributed by atoms with Crippen molar-refractivity contribution in [2.45, 2.75) is 45.8 Å². The standard InChI is InChI=1S/C33H38ClN5O6/c1-33(2,3)45-32(42)37-12-6-11-36(13-14-37)30(40)27-16-22(9-10-35-27)15-25-21-38(31(41)28-17-24(34)20-39(25)28)19-23-7-8-26(43-4)18-29(23)44-5/h7-10,16-18,20-21H,6,11-15,19H2,1-5H3. The van der Waals surface area contributed by atoms with Crippen LogP contribution in [0.4, 0.5) is 4.79 Å². The van der Waals surface area contributed by atoms with Gasteiger partial charge in [0.2, 0.25) is 0 Å². The monoisotopic (exact) mass is 635 g/mol. The molecule has 1 aliphatic rings. The summed E-state index contributed by atoms with van der Waals surface area (Å²) in [5.74, 6) is 1.06. The first kappa shape index (κ1) is 31.9. The highest BCUT2D eigenvalue weighted by Gasteiger charge is 2.27. The summed E-state index contributed by atoms with van der Waals surface area (Å²) in [6, 6.07) is 10.8. The molecule has 1 saturated heterocycles. The van der Waals surface area contributed by atoms with Crippen LogP contribution in [0.3, 0.4) is 0 Å². The summed E-state index contributed by atoms with van der Waals surface area (Å²) in [5, 5.41) is 0.445. The van der Waals surface area contributed by atoms with Gasteiger partial charge in [0.25, 0.3) is 11.5 Å². The number of hydrogen-bond acceptors (Lipinski definition) is 7. The Morgan fingerprint density at radius 2 is 1.71 bits per heavy atom. The van der Waals surface area contributed by atoms with Crippen LogP contribution < -0.4 is 15.0 Å². The quantitative estimate of drug-likeness (QED) is 0.285. The molecule has 0 atom stereocenters. The molecule has 238 valence electrons. The van der Waals surface area contributed by atoms with E-state index < -0.39 is 5.60 Å². The van der Waals surface area contributed by atoms with Gasteiger partial charge in [-0.1, -0.05) is 11.6 Å². The molecule has 0 bridgehead atoms. The fourth-order valence-corrected chi connectivity index (χ4v) is 5.60. The van der Waals surface area contributed by atoms with Crippen LogP contribution in [-0.2, 0) is 17.7 Å². The molecule has 5 rings (SSSR count). The molecule has 3 aromatic heterocycles. The highest BCUT2D eigenvalue weighted by atomic mass is 35.5. The second kappa shape index (κ2) is 13.2. The number of halogens is 1. The Labute approximate surface area is 266 Å². The Balaban J connectivity index is 1.38. The highest BCUT2D eigenvalue weighted by molar-refractivity contribution is 6.31. The molecule has 45 heavy (non-hydrogen) atoms. The Morgan fingerprint density at radius 1 is 0.956 bits per heavy atom. The molecular formula is C33H38ClN5O6. The number of amides is 2. The molecule has 4 heterocycles. The Morgan fingerprint density at radius 3 is 2.44 bits per heavy atom. The summed E-state index contributed by atoms with van der Waals surface area (Å²) < 4.78 is 19.8. The van der Waals surface area contributed by atoms with Gasteiger partial charge in [-0.25, -0.2) is 4.79 Å². The van der Waals surface area contributed by atoms with Gasteiger partial charge in [0, 0.05) is 68.5 Å². The van der Waals surface area contributed by atoms with Gasteiger partial charge in [0.05, 0.1) is 25.8 Å². The summed E-state index contributed by atoms with van der Waals surface area (Å²) in [7, 11) is 3.16. The van der Waals surface area contributed by atoms with Gasteiger partial charge in [-0.3, -0.25) is 14.6 Å². The fraction of sp³-hybridized carbons (Fsp3) is 0.394. The molecule has 12 heteroatoms. The lowest BCUT2D eigenvalue weighted by atomic mass is 10.1. The van der Waals surface area contributed by atoms with Crippen molar-refractivity contribution in [2.75, 3.05) is 40.4 Å². The maximum Gasteiger partial charge on any atom is 0.410 e. The van der Waals surface area contributed by atoms with Crippen molar-refractivity contribution in [3.8, 4) is 11.5 Å². The van der Waals surface area contributed by atoms with Gasteiger partial charge in [0.15, 0.2) is 0 Å². The Hall–Kier alpha value is -4.51. The number of aromatic nitrogens is 3. The van der Waals surface area contributed by atoms with E-state index in [0.29, 0.717) is 66.8 Å². The van der Waals surface area contributed by atoms with Crippen molar-refractivity contribution in [1.82, 2.24) is 23.8 Å². The van der Waals surface area contributed by atoms with E-state index in [1.165, 1.54) is 0 Å². The molecule has 0 spiro atoms. The number of benzene rings is 1. The molecule has 1 aliphatic heterocycles. The van der Waals surface area contributed by atoms with Crippen LogP contribution in [0.15, 0.2) is 59.8 Å². The van der Waals surface area contributed by atoms with E-state index in [-0.39, 0.29) is 24.1 Å². The van der Waals surface area contributed by atoms with Gasteiger partial charge in [-0.15, -0.1) is 0 Å². The average Bonchev–Trinajstić information content (AvgIpc) is 3.24. The molecular weight excluding hydrogens is 598 g/mol. The van der Waals surface area contributed by atoms with Crippen molar-refractivity contribution in [3.05, 3.63) is 92.9 Å². The minimum Gasteiger partial charge on any atom is -0.497 e. The predicted molar refractivity (Wildman–Crippen MR) is 171 cm³/mol. The number of pyridine rings is 1. The molecule has 4 aromatic rings. The largest absolute Gasteiger partial charge is 0.497 e. The normalized spacial score (nSPS) is 13.9. The van der Waals surface area contributed by atoms with E-state index in [1.54, 1.807) is 69.8 Å². The van der Waals surface area contributed by atoms with E-state index in [1.807, 2.05) is 39.0 Å². The zero-order chi connectivity index (χ0) is 32.3. The van der Waals surface area contributed by atoms with Crippen molar-refractivity contribution in [3.63, 3.8) is 0 Å². The summed E-state index contributed by atoms with van der Waals surface area (Å²) in [4.78, 5) is 47.3. The maximum atomic E-state index is 13.5. The molecule has 11 nitrogen and oxygen atoms in total. The van der Waals surface area contributed by atoms with E-state index in [2.05, 4.69) is 4.98 Å². The minimum atomic E-state index is -0.587. The lowest BCUT2D eigenvalue weighted by Crippen LogP contribution is -2.40. The zero-order valence-corrected chi connectivity index (χ0v) is 27.0. The smallest absolute Gasteiger partial charge is 0.410 e. The van der Waals surface area contributed by atoms with Gasteiger partial charge in [-0.05, 0) is 63.1 Å². The van der Waals surface area contributed by atoms with Crippen LogP contribution in [0, 0.1) is 0 Å². The fourth-order valence-electron chi connectivity index (χ4n) is 5.40. The lowest BCUT2D eigenvalue weighted by molar-refractivity contribution is 0.0255. The summed E-state index contributed by atoms with van der Waals surface area (Å²) in [6.07, 6.45) is 5.81. The first-order valence-corrected chi connectivity index (χ1v) is 15.2. The number of hydrogen-bond donors (Lipinski definition) is 0. The first-order valence-electron chi connectivity index (χ1n) is 14.8. The number of ether oxygens (including phenoxy) is 3. The number of fused-ring (bicyclic) bond motifs is 1. The van der Waals surface area contributed by atoms with Crippen molar-refractivity contribution >= 4 is 29.1 Å². The zero-order valence-electron chi connectivity index (χ0n) is 26.2. The number of methoxy groups -OCH3 is 2. The van der Waals surface area contributed by atoms with Crippen LogP contribution in [-0.4, -0.2) is 81.8 Å². The second-order valence-corrected chi connectivity index (χ2v) is 12.4. The van der Waals surface area contributed by atoms with E-state index in [4.69, 9.17) is 25.8 Å².